The highest BCUT2D eigenvalue weighted by atomic mass is 19.1. The first kappa shape index (κ1) is 35.9. The van der Waals surface area contributed by atoms with Crippen molar-refractivity contribution in [3.63, 3.8) is 0 Å². The number of likely N-dealkylation sites (tertiary alicyclic amines) is 1. The lowest BCUT2D eigenvalue weighted by Crippen LogP contribution is -2.65. The summed E-state index contributed by atoms with van der Waals surface area (Å²) in [4.78, 5) is 26.4. The summed E-state index contributed by atoms with van der Waals surface area (Å²) in [5.41, 5.74) is 3.88. The minimum atomic E-state index is -1.22. The van der Waals surface area contributed by atoms with Crippen LogP contribution < -0.4 is 5.32 Å². The van der Waals surface area contributed by atoms with Crippen LogP contribution in [0.15, 0.2) is 36.4 Å². The molecular formula is C44H63FN2O3. The summed E-state index contributed by atoms with van der Waals surface area (Å²) in [6.45, 7) is 23.2. The summed E-state index contributed by atoms with van der Waals surface area (Å²) >= 11 is 0. The molecule has 1 amide bonds. The quantitative estimate of drug-likeness (QED) is 0.211. The molecule has 50 heavy (non-hydrogen) atoms. The lowest BCUT2D eigenvalue weighted by atomic mass is 9.32. The Morgan fingerprint density at radius 1 is 0.960 bits per heavy atom. The average molecular weight is 687 g/mol. The fourth-order valence-electron chi connectivity index (χ4n) is 14.2. The molecule has 1 aromatic carbocycles. The van der Waals surface area contributed by atoms with Gasteiger partial charge in [-0.25, -0.2) is 9.18 Å². The molecular weight excluding hydrogens is 623 g/mol. The molecule has 0 radical (unpaired) electrons. The molecule has 5 aliphatic carbocycles. The molecule has 4 saturated carbocycles. The predicted molar refractivity (Wildman–Crippen MR) is 199 cm³/mol. The van der Waals surface area contributed by atoms with Crippen molar-refractivity contribution in [2.75, 3.05) is 26.2 Å². The van der Waals surface area contributed by atoms with Gasteiger partial charge in [-0.15, -0.1) is 0 Å². The number of hydrogen-bond acceptors (Lipinski definition) is 3. The maximum absolute atomic E-state index is 14.9. The zero-order valence-corrected chi connectivity index (χ0v) is 31.8. The van der Waals surface area contributed by atoms with E-state index in [1.165, 1.54) is 68.2 Å². The molecule has 7 rings (SSSR count). The first-order valence-electron chi connectivity index (χ1n) is 20.0. The van der Waals surface area contributed by atoms with E-state index in [1.54, 1.807) is 0 Å². The number of allylic oxidation sites excluding steroid dienone is 3. The van der Waals surface area contributed by atoms with E-state index in [0.717, 1.165) is 57.4 Å². The van der Waals surface area contributed by atoms with Gasteiger partial charge in [0.05, 0.1) is 5.56 Å². The molecule has 2 N–H and O–H groups in total. The van der Waals surface area contributed by atoms with Gasteiger partial charge < -0.3 is 15.3 Å². The standard InChI is InChI=1S/C44H63FN2O3/c1-28(2)30-14-20-44(27-46-23-17-37(48)47-24-8-9-25-47)22-21-42(6)33(38(30)44)12-13-36-41(5)18-15-32(29-10-11-31(39(49)50)34(45)26-29)40(3,4)35(41)16-19-43(36,42)7/h10-11,15,26,30,33,35-36,38,46H,1,8-9,12-14,16-25,27H2,2-7H3,(H,49,50)/t30-,33+,35-,36+,38+,41-,42+,43+,44+/m0/s1. The number of benzene rings is 1. The first-order chi connectivity index (χ1) is 23.6. The number of carbonyl (C=O) groups is 2. The fourth-order valence-corrected chi connectivity index (χ4v) is 14.2. The van der Waals surface area contributed by atoms with E-state index in [4.69, 9.17) is 0 Å². The molecule has 1 aromatic rings. The van der Waals surface area contributed by atoms with Crippen LogP contribution in [0.25, 0.3) is 5.57 Å². The number of aromatic carboxylic acids is 1. The Hall–Kier alpha value is -2.47. The van der Waals surface area contributed by atoms with Crippen molar-refractivity contribution < 1.29 is 19.1 Å². The van der Waals surface area contributed by atoms with Crippen molar-refractivity contribution in [2.24, 2.45) is 56.7 Å². The lowest BCUT2D eigenvalue weighted by Gasteiger charge is -2.72. The van der Waals surface area contributed by atoms with Crippen molar-refractivity contribution in [2.45, 2.75) is 119 Å². The van der Waals surface area contributed by atoms with Crippen molar-refractivity contribution >= 4 is 17.4 Å². The molecule has 0 bridgehead atoms. The molecule has 0 spiro atoms. The van der Waals surface area contributed by atoms with Crippen LogP contribution in [0.3, 0.4) is 0 Å². The first-order valence-corrected chi connectivity index (χ1v) is 20.0. The van der Waals surface area contributed by atoms with Gasteiger partial charge in [0.25, 0.3) is 0 Å². The highest BCUT2D eigenvalue weighted by Gasteiger charge is 2.70. The van der Waals surface area contributed by atoms with Gasteiger partial charge in [-0.3, -0.25) is 4.79 Å². The third kappa shape index (κ3) is 5.30. The van der Waals surface area contributed by atoms with Gasteiger partial charge in [-0.2, -0.15) is 0 Å². The van der Waals surface area contributed by atoms with Crippen molar-refractivity contribution in [1.82, 2.24) is 10.2 Å². The van der Waals surface area contributed by atoms with Crippen LogP contribution >= 0.6 is 0 Å². The van der Waals surface area contributed by atoms with E-state index in [0.29, 0.717) is 41.9 Å². The number of halogens is 1. The van der Waals surface area contributed by atoms with Gasteiger partial charge in [-0.1, -0.05) is 58.9 Å². The average Bonchev–Trinajstić information content (AvgIpc) is 3.72. The van der Waals surface area contributed by atoms with Crippen LogP contribution in [0.2, 0.25) is 0 Å². The van der Waals surface area contributed by atoms with Gasteiger partial charge in [-0.05, 0) is 157 Å². The normalized spacial score (nSPS) is 40.3. The summed E-state index contributed by atoms with van der Waals surface area (Å²) in [5, 5.41) is 13.3. The van der Waals surface area contributed by atoms with E-state index in [9.17, 15) is 19.1 Å². The van der Waals surface area contributed by atoms with Gasteiger partial charge in [0, 0.05) is 32.6 Å². The number of amides is 1. The Morgan fingerprint density at radius 2 is 1.70 bits per heavy atom. The molecule has 0 aromatic heterocycles. The zero-order chi connectivity index (χ0) is 35.9. The lowest BCUT2D eigenvalue weighted by molar-refractivity contribution is -0.225. The van der Waals surface area contributed by atoms with E-state index in [-0.39, 0.29) is 32.6 Å². The number of carboxylic acid groups (broad SMARTS) is 1. The maximum Gasteiger partial charge on any atom is 0.338 e. The van der Waals surface area contributed by atoms with Crippen LogP contribution in [0, 0.1) is 62.5 Å². The molecule has 274 valence electrons. The van der Waals surface area contributed by atoms with E-state index >= 15 is 0 Å². The van der Waals surface area contributed by atoms with Gasteiger partial charge in [0.1, 0.15) is 5.82 Å². The Balaban J connectivity index is 1.14. The van der Waals surface area contributed by atoms with Gasteiger partial charge >= 0.3 is 5.97 Å². The monoisotopic (exact) mass is 686 g/mol. The minimum absolute atomic E-state index is 0.148. The summed E-state index contributed by atoms with van der Waals surface area (Å²) in [5.74, 6) is 1.42. The van der Waals surface area contributed by atoms with E-state index in [1.807, 2.05) is 6.07 Å². The minimum Gasteiger partial charge on any atom is -0.478 e. The Kier molecular flexibility index (Phi) is 9.04. The van der Waals surface area contributed by atoms with Gasteiger partial charge in [0.15, 0.2) is 0 Å². The third-order valence-electron chi connectivity index (χ3n) is 16.8. The van der Waals surface area contributed by atoms with Crippen LogP contribution in [0.1, 0.15) is 135 Å². The summed E-state index contributed by atoms with van der Waals surface area (Å²) in [6.07, 6.45) is 16.3. The predicted octanol–water partition coefficient (Wildman–Crippen LogP) is 9.78. The zero-order valence-electron chi connectivity index (χ0n) is 31.8. The Morgan fingerprint density at radius 3 is 2.38 bits per heavy atom. The summed E-state index contributed by atoms with van der Waals surface area (Å²) in [7, 11) is 0. The largest absolute Gasteiger partial charge is 0.478 e. The number of hydrogen-bond donors (Lipinski definition) is 2. The molecule has 1 heterocycles. The second-order valence-corrected chi connectivity index (χ2v) is 19.1. The van der Waals surface area contributed by atoms with E-state index in [2.05, 4.69) is 64.4 Å². The molecule has 0 unspecified atom stereocenters. The Labute approximate surface area is 300 Å². The Bertz CT molecular complexity index is 1580. The third-order valence-corrected chi connectivity index (χ3v) is 16.8. The molecule has 1 aliphatic heterocycles. The highest BCUT2D eigenvalue weighted by molar-refractivity contribution is 5.88. The number of rotatable bonds is 8. The number of fused-ring (bicyclic) bond motifs is 7. The van der Waals surface area contributed by atoms with Crippen LogP contribution in [0.5, 0.6) is 0 Å². The van der Waals surface area contributed by atoms with Crippen LogP contribution in [0.4, 0.5) is 4.39 Å². The number of carbonyl (C=O) groups excluding carboxylic acids is 1. The second-order valence-electron chi connectivity index (χ2n) is 19.1. The van der Waals surface area contributed by atoms with Crippen LogP contribution in [-0.2, 0) is 4.79 Å². The number of nitrogens with zero attached hydrogens (tertiary/aromatic N) is 1. The molecule has 1 saturated heterocycles. The van der Waals surface area contributed by atoms with Gasteiger partial charge in [0.2, 0.25) is 5.91 Å². The fraction of sp³-hybridized carbons (Fsp3) is 0.727. The van der Waals surface area contributed by atoms with Crippen molar-refractivity contribution in [3.8, 4) is 0 Å². The SMILES string of the molecule is C=C(C)[C@@H]1CC[C@]2(CNCCC(=O)N3CCCC3)CC[C@]3(C)[C@H](CC[C@@H]4[C@@]5(C)CC=C(c6ccc(C(=O)O)c(F)c6)C(C)(C)[C@@H]5CC[C@]43C)[C@@H]12. The summed E-state index contributed by atoms with van der Waals surface area (Å²) in [6, 6.07) is 4.70. The maximum atomic E-state index is 14.9. The number of nitrogens with one attached hydrogen (secondary N) is 1. The summed E-state index contributed by atoms with van der Waals surface area (Å²) < 4.78 is 14.9. The molecule has 5 nitrogen and oxygen atoms in total. The highest BCUT2D eigenvalue weighted by Crippen LogP contribution is 2.77. The topological polar surface area (TPSA) is 69.6 Å². The van der Waals surface area contributed by atoms with Crippen LogP contribution in [-0.4, -0.2) is 48.1 Å². The molecule has 5 fully saturated rings. The second kappa shape index (κ2) is 12.6. The molecule has 6 heteroatoms. The van der Waals surface area contributed by atoms with Crippen molar-refractivity contribution in [3.05, 3.63) is 53.4 Å². The molecule has 9 atom stereocenters. The number of carboxylic acids is 1. The molecule has 6 aliphatic rings. The smallest absolute Gasteiger partial charge is 0.338 e. The van der Waals surface area contributed by atoms with E-state index < -0.39 is 11.8 Å². The van der Waals surface area contributed by atoms with Crippen molar-refractivity contribution in [1.29, 1.82) is 0 Å².